The average molecular weight is 171 g/mol. The Morgan fingerprint density at radius 3 is 2.92 bits per heavy atom. The molecule has 1 N–H and O–H groups in total. The van der Waals surface area contributed by atoms with Gasteiger partial charge in [-0.05, 0) is 17.7 Å². The van der Waals surface area contributed by atoms with E-state index in [1.807, 2.05) is 12.1 Å². The van der Waals surface area contributed by atoms with Crippen molar-refractivity contribution in [2.45, 2.75) is 0 Å². The molecule has 13 heavy (non-hydrogen) atoms. The summed E-state index contributed by atoms with van der Waals surface area (Å²) in [4.78, 5) is 4.09. The SMILES string of the molecule is C=Cc1ccnc2c(O)cccc12. The molecule has 0 aliphatic heterocycles. The Hall–Kier alpha value is -1.83. The number of aromatic hydroxyl groups is 1. The van der Waals surface area contributed by atoms with Crippen LogP contribution in [0, 0.1) is 0 Å². The number of para-hydroxylation sites is 1. The van der Waals surface area contributed by atoms with Gasteiger partial charge < -0.3 is 5.11 Å². The Morgan fingerprint density at radius 2 is 2.15 bits per heavy atom. The summed E-state index contributed by atoms with van der Waals surface area (Å²) < 4.78 is 0. The number of rotatable bonds is 1. The lowest BCUT2D eigenvalue weighted by Crippen LogP contribution is -1.82. The Balaban J connectivity index is 2.92. The van der Waals surface area contributed by atoms with E-state index >= 15 is 0 Å². The van der Waals surface area contributed by atoms with E-state index in [1.54, 1.807) is 24.4 Å². The highest BCUT2D eigenvalue weighted by atomic mass is 16.3. The summed E-state index contributed by atoms with van der Waals surface area (Å²) >= 11 is 0. The first kappa shape index (κ1) is 7.80. The van der Waals surface area contributed by atoms with Gasteiger partial charge in [0.25, 0.3) is 0 Å². The van der Waals surface area contributed by atoms with E-state index in [0.717, 1.165) is 10.9 Å². The second-order valence-corrected chi connectivity index (χ2v) is 2.78. The zero-order valence-corrected chi connectivity index (χ0v) is 7.07. The molecule has 1 aromatic heterocycles. The van der Waals surface area contributed by atoms with Crippen LogP contribution in [0.25, 0.3) is 17.0 Å². The van der Waals surface area contributed by atoms with Crippen LogP contribution in [0.2, 0.25) is 0 Å². The molecule has 2 heteroatoms. The van der Waals surface area contributed by atoms with E-state index in [-0.39, 0.29) is 5.75 Å². The first-order valence-corrected chi connectivity index (χ1v) is 4.02. The molecule has 0 saturated heterocycles. The van der Waals surface area contributed by atoms with Gasteiger partial charge in [0.15, 0.2) is 0 Å². The molecule has 0 aliphatic carbocycles. The molecule has 0 saturated carbocycles. The van der Waals surface area contributed by atoms with Crippen LogP contribution in [0.1, 0.15) is 5.56 Å². The van der Waals surface area contributed by atoms with Crippen molar-refractivity contribution in [2.24, 2.45) is 0 Å². The molecule has 64 valence electrons. The molecule has 0 radical (unpaired) electrons. The van der Waals surface area contributed by atoms with Gasteiger partial charge in [0.2, 0.25) is 0 Å². The van der Waals surface area contributed by atoms with Gasteiger partial charge in [-0.25, -0.2) is 0 Å². The summed E-state index contributed by atoms with van der Waals surface area (Å²) in [5.74, 6) is 0.209. The topological polar surface area (TPSA) is 33.1 Å². The molecule has 0 unspecified atom stereocenters. The van der Waals surface area contributed by atoms with Crippen LogP contribution in [0.4, 0.5) is 0 Å². The van der Waals surface area contributed by atoms with Gasteiger partial charge in [-0.2, -0.15) is 0 Å². The normalized spacial score (nSPS) is 10.2. The van der Waals surface area contributed by atoms with Gasteiger partial charge in [-0.15, -0.1) is 0 Å². The number of phenolic OH excluding ortho intramolecular Hbond substituents is 1. The smallest absolute Gasteiger partial charge is 0.141 e. The molecule has 0 aliphatic rings. The molecule has 0 bridgehead atoms. The Labute approximate surface area is 76.2 Å². The number of nitrogens with zero attached hydrogens (tertiary/aromatic N) is 1. The minimum absolute atomic E-state index is 0.209. The van der Waals surface area contributed by atoms with E-state index in [9.17, 15) is 5.11 Å². The van der Waals surface area contributed by atoms with E-state index in [1.165, 1.54) is 0 Å². The van der Waals surface area contributed by atoms with Crippen LogP contribution in [0.3, 0.4) is 0 Å². The average Bonchev–Trinajstić information content (AvgIpc) is 2.18. The second-order valence-electron chi connectivity index (χ2n) is 2.78. The summed E-state index contributed by atoms with van der Waals surface area (Å²) in [6, 6.07) is 7.21. The van der Waals surface area contributed by atoms with Gasteiger partial charge in [-0.3, -0.25) is 4.98 Å². The first-order valence-electron chi connectivity index (χ1n) is 4.02. The molecule has 0 atom stereocenters. The lowest BCUT2D eigenvalue weighted by atomic mass is 10.1. The number of benzene rings is 1. The van der Waals surface area contributed by atoms with Gasteiger partial charge in [0.1, 0.15) is 11.3 Å². The van der Waals surface area contributed by atoms with Crippen LogP contribution in [0.5, 0.6) is 5.75 Å². The third-order valence-corrected chi connectivity index (χ3v) is 2.00. The van der Waals surface area contributed by atoms with Crippen molar-refractivity contribution >= 4 is 17.0 Å². The maximum absolute atomic E-state index is 9.49. The molecular weight excluding hydrogens is 162 g/mol. The summed E-state index contributed by atoms with van der Waals surface area (Å²) in [7, 11) is 0. The number of aromatic nitrogens is 1. The van der Waals surface area contributed by atoms with E-state index < -0.39 is 0 Å². The van der Waals surface area contributed by atoms with E-state index in [0.29, 0.717) is 5.52 Å². The van der Waals surface area contributed by atoms with Crippen molar-refractivity contribution in [1.29, 1.82) is 0 Å². The lowest BCUT2D eigenvalue weighted by Gasteiger charge is -2.01. The third-order valence-electron chi connectivity index (χ3n) is 2.00. The fraction of sp³-hybridized carbons (Fsp3) is 0. The number of hydrogen-bond donors (Lipinski definition) is 1. The quantitative estimate of drug-likeness (QED) is 0.715. The molecule has 0 amide bonds. The van der Waals surface area contributed by atoms with E-state index in [4.69, 9.17) is 0 Å². The van der Waals surface area contributed by atoms with Crippen LogP contribution in [0.15, 0.2) is 37.0 Å². The molecule has 0 fully saturated rings. The third kappa shape index (κ3) is 1.16. The molecule has 1 aromatic carbocycles. The summed E-state index contributed by atoms with van der Waals surface area (Å²) in [6.45, 7) is 3.70. The standard InChI is InChI=1S/C11H9NO/c1-2-8-6-7-12-11-9(8)4-3-5-10(11)13/h2-7,13H,1H2. The molecule has 2 aromatic rings. The minimum atomic E-state index is 0.209. The zero-order chi connectivity index (χ0) is 9.26. The highest BCUT2D eigenvalue weighted by Crippen LogP contribution is 2.24. The monoisotopic (exact) mass is 171 g/mol. The molecule has 0 spiro atoms. The molecule has 1 heterocycles. The highest BCUT2D eigenvalue weighted by molar-refractivity contribution is 5.91. The molecule has 2 nitrogen and oxygen atoms in total. The largest absolute Gasteiger partial charge is 0.506 e. The Kier molecular flexibility index (Phi) is 1.74. The first-order chi connectivity index (χ1) is 6.33. The lowest BCUT2D eigenvalue weighted by molar-refractivity contribution is 0.480. The fourth-order valence-corrected chi connectivity index (χ4v) is 1.36. The fourth-order valence-electron chi connectivity index (χ4n) is 1.36. The van der Waals surface area contributed by atoms with Gasteiger partial charge in [0, 0.05) is 11.6 Å². The maximum Gasteiger partial charge on any atom is 0.141 e. The van der Waals surface area contributed by atoms with Crippen LogP contribution in [-0.4, -0.2) is 10.1 Å². The minimum Gasteiger partial charge on any atom is -0.506 e. The van der Waals surface area contributed by atoms with Gasteiger partial charge >= 0.3 is 0 Å². The predicted molar refractivity (Wildman–Crippen MR) is 53.5 cm³/mol. The predicted octanol–water partition coefficient (Wildman–Crippen LogP) is 2.58. The zero-order valence-electron chi connectivity index (χ0n) is 7.07. The summed E-state index contributed by atoms with van der Waals surface area (Å²) in [5, 5.41) is 10.4. The molecule has 2 rings (SSSR count). The van der Waals surface area contributed by atoms with E-state index in [2.05, 4.69) is 11.6 Å². The van der Waals surface area contributed by atoms with Crippen molar-refractivity contribution in [1.82, 2.24) is 4.98 Å². The van der Waals surface area contributed by atoms with Crippen LogP contribution in [-0.2, 0) is 0 Å². The number of phenols is 1. The van der Waals surface area contributed by atoms with Crippen molar-refractivity contribution in [3.8, 4) is 5.75 Å². The second kappa shape index (κ2) is 2.90. The highest BCUT2D eigenvalue weighted by Gasteiger charge is 2.01. The summed E-state index contributed by atoms with van der Waals surface area (Å²) in [5.41, 5.74) is 1.61. The van der Waals surface area contributed by atoms with Crippen molar-refractivity contribution < 1.29 is 5.11 Å². The Bertz CT molecular complexity index is 463. The molecular formula is C11H9NO. The van der Waals surface area contributed by atoms with Crippen molar-refractivity contribution in [3.05, 3.63) is 42.6 Å². The van der Waals surface area contributed by atoms with Crippen molar-refractivity contribution in [3.63, 3.8) is 0 Å². The summed E-state index contributed by atoms with van der Waals surface area (Å²) in [6.07, 6.45) is 3.42. The van der Waals surface area contributed by atoms with Crippen molar-refractivity contribution in [2.75, 3.05) is 0 Å². The van der Waals surface area contributed by atoms with Gasteiger partial charge in [0.05, 0.1) is 0 Å². The maximum atomic E-state index is 9.49. The number of hydrogen-bond acceptors (Lipinski definition) is 2. The van der Waals surface area contributed by atoms with Gasteiger partial charge in [-0.1, -0.05) is 24.8 Å². The number of fused-ring (bicyclic) bond motifs is 1. The number of pyridine rings is 1. The Morgan fingerprint density at radius 1 is 1.31 bits per heavy atom. The van der Waals surface area contributed by atoms with Crippen LogP contribution >= 0.6 is 0 Å². The van der Waals surface area contributed by atoms with Crippen LogP contribution < -0.4 is 0 Å².